The Morgan fingerprint density at radius 3 is 2.89 bits per heavy atom. The van der Waals surface area contributed by atoms with E-state index in [2.05, 4.69) is 15.6 Å². The molecule has 1 fully saturated rings. The quantitative estimate of drug-likeness (QED) is 0.709. The Hall–Kier alpha value is -2.96. The smallest absolute Gasteiger partial charge is 0.251 e. The van der Waals surface area contributed by atoms with Crippen molar-refractivity contribution in [2.45, 2.75) is 32.6 Å². The highest BCUT2D eigenvalue weighted by molar-refractivity contribution is 5.99. The molecule has 2 N–H and O–H groups in total. The van der Waals surface area contributed by atoms with Crippen LogP contribution in [-0.2, 0) is 9.59 Å². The Balaban J connectivity index is 1.52. The molecule has 3 amide bonds. The number of hydrogen-bond donors (Lipinski definition) is 2. The average molecular weight is 382 g/mol. The van der Waals surface area contributed by atoms with Crippen LogP contribution in [0.3, 0.4) is 0 Å². The summed E-state index contributed by atoms with van der Waals surface area (Å²) in [7, 11) is 0. The van der Waals surface area contributed by atoms with E-state index in [1.165, 1.54) is 0 Å². The van der Waals surface area contributed by atoms with Crippen molar-refractivity contribution in [2.75, 3.05) is 25.0 Å². The van der Waals surface area contributed by atoms with Gasteiger partial charge < -0.3 is 15.5 Å². The minimum absolute atomic E-state index is 0.113. The van der Waals surface area contributed by atoms with Gasteiger partial charge in [-0.1, -0.05) is 12.1 Å². The first-order chi connectivity index (χ1) is 13.5. The molecule has 3 rings (SSSR count). The van der Waals surface area contributed by atoms with E-state index >= 15 is 0 Å². The van der Waals surface area contributed by atoms with Gasteiger partial charge in [-0.05, 0) is 43.9 Å². The number of hydrogen-bond acceptors (Lipinski definition) is 4. The summed E-state index contributed by atoms with van der Waals surface area (Å²) in [5, 5.41) is 5.79. The largest absolute Gasteiger partial charge is 0.352 e. The molecule has 148 valence electrons. The van der Waals surface area contributed by atoms with Gasteiger partial charge in [-0.3, -0.25) is 19.4 Å². The highest BCUT2D eigenvalue weighted by Crippen LogP contribution is 2.19. The molecular formula is C21H26N4O3. The molecule has 2 aliphatic heterocycles. The van der Waals surface area contributed by atoms with Crippen LogP contribution in [0.25, 0.3) is 0 Å². The van der Waals surface area contributed by atoms with E-state index in [0.29, 0.717) is 37.2 Å². The van der Waals surface area contributed by atoms with Crippen LogP contribution in [-0.4, -0.2) is 48.5 Å². The van der Waals surface area contributed by atoms with Gasteiger partial charge in [0.15, 0.2) is 0 Å². The minimum atomic E-state index is -0.248. The van der Waals surface area contributed by atoms with Gasteiger partial charge in [0, 0.05) is 49.7 Å². The van der Waals surface area contributed by atoms with Crippen molar-refractivity contribution >= 4 is 29.6 Å². The lowest BCUT2D eigenvalue weighted by atomic mass is 10.0. The molecule has 7 nitrogen and oxygen atoms in total. The predicted molar refractivity (Wildman–Crippen MR) is 108 cm³/mol. The zero-order valence-corrected chi connectivity index (χ0v) is 16.1. The van der Waals surface area contributed by atoms with E-state index in [0.717, 1.165) is 24.9 Å². The highest BCUT2D eigenvalue weighted by atomic mass is 16.2. The molecule has 0 spiro atoms. The molecule has 2 aliphatic rings. The van der Waals surface area contributed by atoms with Crippen molar-refractivity contribution in [1.29, 1.82) is 0 Å². The maximum Gasteiger partial charge on any atom is 0.251 e. The lowest BCUT2D eigenvalue weighted by Gasteiger charge is -2.16. The number of rotatable bonds is 7. The standard InChI is InChI=1S/C21H26N4O3/c1-15-5-6-17(14-18(15)24-21(28)16-7-10-22-11-8-16)20(27)23-9-3-13-25-12-2-4-19(25)26/h5-7,10-11,14,16H,2-4,8-9,12-13H2,1H3,(H,23,27)(H,24,28). The Kier molecular flexibility index (Phi) is 6.57. The molecule has 1 saturated heterocycles. The van der Waals surface area contributed by atoms with Crippen LogP contribution in [0.5, 0.6) is 0 Å². The summed E-state index contributed by atoms with van der Waals surface area (Å²) in [6, 6.07) is 5.27. The van der Waals surface area contributed by atoms with Crippen molar-refractivity contribution in [2.24, 2.45) is 10.9 Å². The van der Waals surface area contributed by atoms with E-state index in [-0.39, 0.29) is 23.6 Å². The van der Waals surface area contributed by atoms with Crippen molar-refractivity contribution in [3.63, 3.8) is 0 Å². The number of carbonyl (C=O) groups is 3. The lowest BCUT2D eigenvalue weighted by molar-refractivity contribution is -0.127. The van der Waals surface area contributed by atoms with Crippen LogP contribution in [0.1, 0.15) is 41.6 Å². The van der Waals surface area contributed by atoms with Gasteiger partial charge in [0.25, 0.3) is 5.91 Å². The molecule has 2 heterocycles. The average Bonchev–Trinajstić information content (AvgIpc) is 3.12. The number of aryl methyl sites for hydroxylation is 1. The van der Waals surface area contributed by atoms with Crippen LogP contribution in [0.15, 0.2) is 35.5 Å². The van der Waals surface area contributed by atoms with Gasteiger partial charge in [-0.2, -0.15) is 0 Å². The fraction of sp³-hybridized carbons (Fsp3) is 0.429. The van der Waals surface area contributed by atoms with Crippen LogP contribution in [0.2, 0.25) is 0 Å². The SMILES string of the molecule is Cc1ccc(C(=O)NCCCN2CCCC2=O)cc1NC(=O)C1C=CN=CC1. The summed E-state index contributed by atoms with van der Waals surface area (Å²) < 4.78 is 0. The van der Waals surface area contributed by atoms with Gasteiger partial charge in [0.05, 0.1) is 5.92 Å². The number of nitrogens with zero attached hydrogens (tertiary/aromatic N) is 2. The summed E-state index contributed by atoms with van der Waals surface area (Å²) in [5.74, 6) is -0.349. The number of likely N-dealkylation sites (tertiary alicyclic amines) is 1. The third kappa shape index (κ3) is 5.06. The maximum absolute atomic E-state index is 12.4. The molecule has 0 bridgehead atoms. The summed E-state index contributed by atoms with van der Waals surface area (Å²) in [5.41, 5.74) is 2.03. The summed E-state index contributed by atoms with van der Waals surface area (Å²) in [6.07, 6.45) is 7.97. The zero-order chi connectivity index (χ0) is 19.9. The number of amides is 3. The second kappa shape index (κ2) is 9.30. The number of aliphatic imine (C=N–C) groups is 1. The summed E-state index contributed by atoms with van der Waals surface area (Å²) in [4.78, 5) is 42.2. The molecule has 0 aromatic heterocycles. The highest BCUT2D eigenvalue weighted by Gasteiger charge is 2.20. The predicted octanol–water partition coefficient (Wildman–Crippen LogP) is 2.28. The van der Waals surface area contributed by atoms with Gasteiger partial charge in [-0.25, -0.2) is 0 Å². The number of benzene rings is 1. The Labute approximate surface area is 164 Å². The molecule has 7 heteroatoms. The van der Waals surface area contributed by atoms with Gasteiger partial charge in [-0.15, -0.1) is 0 Å². The van der Waals surface area contributed by atoms with Gasteiger partial charge in [0.1, 0.15) is 0 Å². The van der Waals surface area contributed by atoms with Crippen LogP contribution in [0, 0.1) is 12.8 Å². The Bertz CT molecular complexity index is 816. The molecule has 1 aromatic rings. The molecule has 0 aliphatic carbocycles. The molecule has 28 heavy (non-hydrogen) atoms. The maximum atomic E-state index is 12.4. The topological polar surface area (TPSA) is 90.9 Å². The van der Waals surface area contributed by atoms with Crippen LogP contribution in [0.4, 0.5) is 5.69 Å². The normalized spacial score (nSPS) is 18.4. The number of nitrogens with one attached hydrogen (secondary N) is 2. The van der Waals surface area contributed by atoms with E-state index < -0.39 is 0 Å². The van der Waals surface area contributed by atoms with Crippen molar-refractivity contribution in [3.8, 4) is 0 Å². The molecule has 0 saturated carbocycles. The van der Waals surface area contributed by atoms with Crippen molar-refractivity contribution in [1.82, 2.24) is 10.2 Å². The molecule has 1 unspecified atom stereocenters. The van der Waals surface area contributed by atoms with E-state index in [1.54, 1.807) is 30.6 Å². The van der Waals surface area contributed by atoms with E-state index in [1.807, 2.05) is 17.9 Å². The summed E-state index contributed by atoms with van der Waals surface area (Å²) >= 11 is 0. The minimum Gasteiger partial charge on any atom is -0.352 e. The van der Waals surface area contributed by atoms with Crippen molar-refractivity contribution < 1.29 is 14.4 Å². The fourth-order valence-electron chi connectivity index (χ4n) is 3.30. The molecular weight excluding hydrogens is 356 g/mol. The lowest BCUT2D eigenvalue weighted by Crippen LogP contribution is -2.30. The zero-order valence-electron chi connectivity index (χ0n) is 16.1. The Morgan fingerprint density at radius 1 is 1.32 bits per heavy atom. The molecule has 1 aromatic carbocycles. The number of carbonyl (C=O) groups excluding carboxylic acids is 3. The van der Waals surface area contributed by atoms with Gasteiger partial charge >= 0.3 is 0 Å². The van der Waals surface area contributed by atoms with Gasteiger partial charge in [0.2, 0.25) is 11.8 Å². The van der Waals surface area contributed by atoms with Crippen LogP contribution < -0.4 is 10.6 Å². The third-order valence-electron chi connectivity index (χ3n) is 5.03. The first-order valence-corrected chi connectivity index (χ1v) is 9.70. The number of anilines is 1. The second-order valence-corrected chi connectivity index (χ2v) is 7.13. The third-order valence-corrected chi connectivity index (χ3v) is 5.03. The Morgan fingerprint density at radius 2 is 2.18 bits per heavy atom. The molecule has 0 radical (unpaired) electrons. The van der Waals surface area contributed by atoms with Crippen LogP contribution >= 0.6 is 0 Å². The second-order valence-electron chi connectivity index (χ2n) is 7.13. The van der Waals surface area contributed by atoms with Crippen molar-refractivity contribution in [3.05, 3.63) is 41.6 Å². The first-order valence-electron chi connectivity index (χ1n) is 9.70. The fourth-order valence-corrected chi connectivity index (χ4v) is 3.30. The monoisotopic (exact) mass is 382 g/mol. The molecule has 1 atom stereocenters. The first kappa shape index (κ1) is 19.8. The van der Waals surface area contributed by atoms with E-state index in [4.69, 9.17) is 0 Å². The van der Waals surface area contributed by atoms with E-state index in [9.17, 15) is 14.4 Å². The summed E-state index contributed by atoms with van der Waals surface area (Å²) in [6.45, 7) is 3.88.